The summed E-state index contributed by atoms with van der Waals surface area (Å²) < 4.78 is 0. The number of amides is 2. The van der Waals surface area contributed by atoms with E-state index in [9.17, 15) is 9.59 Å². The molecule has 0 aliphatic heterocycles. The van der Waals surface area contributed by atoms with Crippen LogP contribution in [0.15, 0.2) is 24.5 Å². The van der Waals surface area contributed by atoms with Gasteiger partial charge in [-0.05, 0) is 36.5 Å². The van der Waals surface area contributed by atoms with Crippen molar-refractivity contribution in [3.63, 3.8) is 0 Å². The number of carbonyl (C=O) groups excluding carboxylic acids is 2. The van der Waals surface area contributed by atoms with Crippen LogP contribution >= 0.6 is 0 Å². The minimum Gasteiger partial charge on any atom is -0.356 e. The average Bonchev–Trinajstić information content (AvgIpc) is 3.26. The van der Waals surface area contributed by atoms with E-state index in [-0.39, 0.29) is 23.7 Å². The molecule has 2 N–H and O–H groups in total. The van der Waals surface area contributed by atoms with Gasteiger partial charge in [0.1, 0.15) is 0 Å². The molecule has 0 radical (unpaired) electrons. The SMILES string of the molecule is CC(C)CCNC(=O)C1CC1C(=O)NCc1ccncc1. The van der Waals surface area contributed by atoms with Crippen LogP contribution in [0.25, 0.3) is 0 Å². The number of nitrogens with one attached hydrogen (secondary N) is 2. The molecular weight excluding hydrogens is 266 g/mol. The van der Waals surface area contributed by atoms with E-state index in [4.69, 9.17) is 0 Å². The van der Waals surface area contributed by atoms with E-state index in [1.165, 1.54) is 0 Å². The van der Waals surface area contributed by atoms with Gasteiger partial charge >= 0.3 is 0 Å². The molecule has 0 saturated heterocycles. The topological polar surface area (TPSA) is 71.1 Å². The lowest BCUT2D eigenvalue weighted by molar-refractivity contribution is -0.127. The molecule has 1 fully saturated rings. The Kier molecular flexibility index (Phi) is 5.31. The fourth-order valence-electron chi connectivity index (χ4n) is 2.21. The van der Waals surface area contributed by atoms with Crippen molar-refractivity contribution in [1.29, 1.82) is 0 Å². The lowest BCUT2D eigenvalue weighted by Gasteiger charge is -2.07. The molecule has 1 aliphatic carbocycles. The molecule has 0 spiro atoms. The van der Waals surface area contributed by atoms with E-state index in [2.05, 4.69) is 29.5 Å². The van der Waals surface area contributed by atoms with Gasteiger partial charge in [-0.1, -0.05) is 13.8 Å². The summed E-state index contributed by atoms with van der Waals surface area (Å²) in [7, 11) is 0. The maximum absolute atomic E-state index is 12.0. The molecule has 0 bridgehead atoms. The maximum Gasteiger partial charge on any atom is 0.224 e. The first kappa shape index (κ1) is 15.5. The minimum atomic E-state index is -0.161. The smallest absolute Gasteiger partial charge is 0.224 e. The van der Waals surface area contributed by atoms with Crippen molar-refractivity contribution in [2.24, 2.45) is 17.8 Å². The Morgan fingerprint density at radius 3 is 2.43 bits per heavy atom. The zero-order valence-corrected chi connectivity index (χ0v) is 12.6. The normalized spacial score (nSPS) is 20.1. The molecule has 1 aromatic heterocycles. The maximum atomic E-state index is 12.0. The molecule has 21 heavy (non-hydrogen) atoms. The van der Waals surface area contributed by atoms with Crippen molar-refractivity contribution in [3.8, 4) is 0 Å². The Bertz CT molecular complexity index is 488. The molecule has 5 heteroatoms. The quantitative estimate of drug-likeness (QED) is 0.799. The monoisotopic (exact) mass is 289 g/mol. The van der Waals surface area contributed by atoms with Gasteiger partial charge in [0.05, 0.1) is 11.8 Å². The number of hydrogen-bond acceptors (Lipinski definition) is 3. The molecule has 2 atom stereocenters. The minimum absolute atomic E-state index is 0.0136. The lowest BCUT2D eigenvalue weighted by Crippen LogP contribution is -2.30. The molecule has 0 aromatic carbocycles. The van der Waals surface area contributed by atoms with E-state index >= 15 is 0 Å². The number of nitrogens with zero attached hydrogens (tertiary/aromatic N) is 1. The van der Waals surface area contributed by atoms with Crippen LogP contribution in [0, 0.1) is 17.8 Å². The summed E-state index contributed by atoms with van der Waals surface area (Å²) in [5, 5.41) is 5.78. The van der Waals surface area contributed by atoms with Gasteiger partial charge in [-0.2, -0.15) is 0 Å². The predicted octanol–water partition coefficient (Wildman–Crippen LogP) is 1.50. The van der Waals surface area contributed by atoms with Gasteiger partial charge < -0.3 is 10.6 Å². The Labute approximate surface area is 125 Å². The molecule has 2 unspecified atom stereocenters. The number of rotatable bonds is 7. The van der Waals surface area contributed by atoms with Crippen LogP contribution in [0.5, 0.6) is 0 Å². The van der Waals surface area contributed by atoms with Crippen molar-refractivity contribution in [3.05, 3.63) is 30.1 Å². The van der Waals surface area contributed by atoms with Crippen LogP contribution < -0.4 is 10.6 Å². The first-order valence-electron chi connectivity index (χ1n) is 7.52. The number of aromatic nitrogens is 1. The number of carbonyl (C=O) groups is 2. The molecule has 1 saturated carbocycles. The highest BCUT2D eigenvalue weighted by Crippen LogP contribution is 2.38. The van der Waals surface area contributed by atoms with Gasteiger partial charge in [-0.3, -0.25) is 14.6 Å². The van der Waals surface area contributed by atoms with Gasteiger partial charge in [0.2, 0.25) is 11.8 Å². The standard InChI is InChI=1S/C16H23N3O2/c1-11(2)3-8-18-15(20)13-9-14(13)16(21)19-10-12-4-6-17-7-5-12/h4-7,11,13-14H,3,8-10H2,1-2H3,(H,18,20)(H,19,21). The van der Waals surface area contributed by atoms with Crippen LogP contribution in [0.1, 0.15) is 32.3 Å². The van der Waals surface area contributed by atoms with Gasteiger partial charge in [-0.25, -0.2) is 0 Å². The lowest BCUT2D eigenvalue weighted by atomic mass is 10.1. The van der Waals surface area contributed by atoms with Gasteiger partial charge in [0.25, 0.3) is 0 Å². The van der Waals surface area contributed by atoms with Gasteiger partial charge in [-0.15, -0.1) is 0 Å². The van der Waals surface area contributed by atoms with E-state index in [0.29, 0.717) is 25.4 Å². The molecular formula is C16H23N3O2. The summed E-state index contributed by atoms with van der Waals surface area (Å²) in [6.45, 7) is 5.43. The van der Waals surface area contributed by atoms with E-state index in [1.807, 2.05) is 12.1 Å². The van der Waals surface area contributed by atoms with Crippen molar-refractivity contribution in [1.82, 2.24) is 15.6 Å². The summed E-state index contributed by atoms with van der Waals surface area (Å²) in [5.74, 6) is 0.250. The number of hydrogen-bond donors (Lipinski definition) is 2. The van der Waals surface area contributed by atoms with Gasteiger partial charge in [0, 0.05) is 25.5 Å². The average molecular weight is 289 g/mol. The van der Waals surface area contributed by atoms with Crippen LogP contribution in [-0.2, 0) is 16.1 Å². The zero-order valence-electron chi connectivity index (χ0n) is 12.6. The van der Waals surface area contributed by atoms with E-state index in [1.54, 1.807) is 12.4 Å². The fourth-order valence-corrected chi connectivity index (χ4v) is 2.21. The van der Waals surface area contributed by atoms with Crippen LogP contribution in [-0.4, -0.2) is 23.3 Å². The van der Waals surface area contributed by atoms with Crippen molar-refractivity contribution in [2.45, 2.75) is 33.2 Å². The van der Waals surface area contributed by atoms with E-state index < -0.39 is 0 Å². The van der Waals surface area contributed by atoms with Crippen LogP contribution in [0.3, 0.4) is 0 Å². The van der Waals surface area contributed by atoms with E-state index in [0.717, 1.165) is 12.0 Å². The highest BCUT2D eigenvalue weighted by molar-refractivity contribution is 5.92. The van der Waals surface area contributed by atoms with Crippen molar-refractivity contribution < 1.29 is 9.59 Å². The molecule has 2 rings (SSSR count). The first-order valence-corrected chi connectivity index (χ1v) is 7.52. The molecule has 114 valence electrons. The second-order valence-corrected chi connectivity index (χ2v) is 6.00. The van der Waals surface area contributed by atoms with Gasteiger partial charge in [0.15, 0.2) is 0 Å². The molecule has 1 aromatic rings. The zero-order chi connectivity index (χ0) is 15.2. The molecule has 1 aliphatic rings. The third kappa shape index (κ3) is 4.85. The third-order valence-electron chi connectivity index (χ3n) is 3.70. The summed E-state index contributed by atoms with van der Waals surface area (Å²) in [6, 6.07) is 3.73. The third-order valence-corrected chi connectivity index (χ3v) is 3.70. The van der Waals surface area contributed by atoms with Crippen molar-refractivity contribution >= 4 is 11.8 Å². The van der Waals surface area contributed by atoms with Crippen LogP contribution in [0.2, 0.25) is 0 Å². The first-order chi connectivity index (χ1) is 10.1. The van der Waals surface area contributed by atoms with Crippen LogP contribution in [0.4, 0.5) is 0 Å². The summed E-state index contributed by atoms with van der Waals surface area (Å²) >= 11 is 0. The molecule has 1 heterocycles. The highest BCUT2D eigenvalue weighted by Gasteiger charge is 2.47. The second-order valence-electron chi connectivity index (χ2n) is 6.00. The largest absolute Gasteiger partial charge is 0.356 e. The highest BCUT2D eigenvalue weighted by atomic mass is 16.2. The Balaban J connectivity index is 1.67. The Morgan fingerprint density at radius 2 is 1.81 bits per heavy atom. The fraction of sp³-hybridized carbons (Fsp3) is 0.562. The molecule has 5 nitrogen and oxygen atoms in total. The Morgan fingerprint density at radius 1 is 1.19 bits per heavy atom. The second kappa shape index (κ2) is 7.20. The summed E-state index contributed by atoms with van der Waals surface area (Å²) in [5.41, 5.74) is 1.01. The Hall–Kier alpha value is -1.91. The molecule has 2 amide bonds. The summed E-state index contributed by atoms with van der Waals surface area (Å²) in [4.78, 5) is 27.8. The van der Waals surface area contributed by atoms with Crippen molar-refractivity contribution in [2.75, 3.05) is 6.54 Å². The summed E-state index contributed by atoms with van der Waals surface area (Å²) in [6.07, 6.45) is 5.03. The number of pyridine rings is 1. The predicted molar refractivity (Wildman–Crippen MR) is 80.1 cm³/mol.